The highest BCUT2D eigenvalue weighted by Crippen LogP contribution is 2.25. The van der Waals surface area contributed by atoms with Crippen LogP contribution in [0.1, 0.15) is 26.3 Å². The number of hydrogen-bond acceptors (Lipinski definition) is 3. The quantitative estimate of drug-likeness (QED) is 0.831. The minimum atomic E-state index is 0.307. The molecule has 0 aromatic heterocycles. The summed E-state index contributed by atoms with van der Waals surface area (Å²) >= 11 is 6.13. The minimum Gasteiger partial charge on any atom is -0.383 e. The zero-order chi connectivity index (χ0) is 14.4. The van der Waals surface area contributed by atoms with E-state index in [1.807, 2.05) is 12.1 Å². The molecule has 0 saturated heterocycles. The molecule has 1 aromatic carbocycles. The van der Waals surface area contributed by atoms with Gasteiger partial charge < -0.3 is 15.0 Å². The van der Waals surface area contributed by atoms with Gasteiger partial charge in [-0.2, -0.15) is 0 Å². The van der Waals surface area contributed by atoms with Gasteiger partial charge in [0.2, 0.25) is 0 Å². The summed E-state index contributed by atoms with van der Waals surface area (Å²) in [6.07, 6.45) is 0. The molecule has 0 amide bonds. The lowest BCUT2D eigenvalue weighted by molar-refractivity contribution is 0.183. The monoisotopic (exact) mass is 284 g/mol. The Labute approximate surface area is 121 Å². The molecule has 1 rings (SSSR count). The third-order valence-corrected chi connectivity index (χ3v) is 3.43. The van der Waals surface area contributed by atoms with E-state index in [0.29, 0.717) is 18.7 Å². The summed E-state index contributed by atoms with van der Waals surface area (Å²) in [6.45, 7) is 7.97. The number of rotatable bonds is 7. The van der Waals surface area contributed by atoms with E-state index >= 15 is 0 Å². The van der Waals surface area contributed by atoms with Gasteiger partial charge in [-0.05, 0) is 24.6 Å². The van der Waals surface area contributed by atoms with Gasteiger partial charge >= 0.3 is 0 Å². The zero-order valence-electron chi connectivity index (χ0n) is 12.5. The maximum absolute atomic E-state index is 6.13. The lowest BCUT2D eigenvalue weighted by Crippen LogP contribution is -2.34. The molecule has 4 heteroatoms. The molecule has 1 unspecified atom stereocenters. The fourth-order valence-corrected chi connectivity index (χ4v) is 2.09. The fourth-order valence-electron chi connectivity index (χ4n) is 1.92. The van der Waals surface area contributed by atoms with E-state index < -0.39 is 0 Å². The molecule has 0 saturated carbocycles. The average Bonchev–Trinajstić information content (AvgIpc) is 2.36. The standard InChI is InChI=1S/C15H25ClN2O/c1-11(2)17-9-13-6-7-14(16)8-15(13)18(4)12(3)10-19-5/h6-8,11-12,17H,9-10H2,1-5H3. The first-order valence-corrected chi connectivity index (χ1v) is 7.07. The van der Waals surface area contributed by atoms with Gasteiger partial charge in [0.25, 0.3) is 0 Å². The van der Waals surface area contributed by atoms with Crippen LogP contribution in [-0.2, 0) is 11.3 Å². The summed E-state index contributed by atoms with van der Waals surface area (Å²) in [4.78, 5) is 2.22. The lowest BCUT2D eigenvalue weighted by Gasteiger charge is -2.29. The molecular weight excluding hydrogens is 260 g/mol. The third-order valence-electron chi connectivity index (χ3n) is 3.20. The minimum absolute atomic E-state index is 0.307. The van der Waals surface area contributed by atoms with Crippen molar-refractivity contribution in [2.45, 2.75) is 39.4 Å². The number of benzene rings is 1. The van der Waals surface area contributed by atoms with Gasteiger partial charge in [-0.3, -0.25) is 0 Å². The van der Waals surface area contributed by atoms with Crippen molar-refractivity contribution >= 4 is 17.3 Å². The number of likely N-dealkylation sites (N-methyl/N-ethyl adjacent to an activating group) is 1. The van der Waals surface area contributed by atoms with E-state index in [2.05, 4.69) is 44.1 Å². The molecular formula is C15H25ClN2O. The number of nitrogens with zero attached hydrogens (tertiary/aromatic N) is 1. The predicted octanol–water partition coefficient (Wildman–Crippen LogP) is 3.31. The molecule has 0 radical (unpaired) electrons. The molecule has 108 valence electrons. The lowest BCUT2D eigenvalue weighted by atomic mass is 10.1. The number of hydrogen-bond donors (Lipinski definition) is 1. The summed E-state index contributed by atoms with van der Waals surface area (Å²) in [6, 6.07) is 6.82. The maximum atomic E-state index is 6.13. The average molecular weight is 285 g/mol. The van der Waals surface area contributed by atoms with Crippen molar-refractivity contribution in [2.24, 2.45) is 0 Å². The molecule has 1 N–H and O–H groups in total. The molecule has 1 aromatic rings. The van der Waals surface area contributed by atoms with Crippen LogP contribution in [-0.4, -0.2) is 32.8 Å². The second-order valence-corrected chi connectivity index (χ2v) is 5.66. The maximum Gasteiger partial charge on any atom is 0.0663 e. The Bertz CT molecular complexity index is 396. The molecule has 0 spiro atoms. The molecule has 1 atom stereocenters. The fraction of sp³-hybridized carbons (Fsp3) is 0.600. The second-order valence-electron chi connectivity index (χ2n) is 5.22. The Morgan fingerprint density at radius 3 is 2.58 bits per heavy atom. The van der Waals surface area contributed by atoms with Gasteiger partial charge in [-0.1, -0.05) is 31.5 Å². The highest BCUT2D eigenvalue weighted by atomic mass is 35.5. The van der Waals surface area contributed by atoms with E-state index in [-0.39, 0.29) is 0 Å². The van der Waals surface area contributed by atoms with Crippen molar-refractivity contribution in [1.82, 2.24) is 5.32 Å². The topological polar surface area (TPSA) is 24.5 Å². The zero-order valence-corrected chi connectivity index (χ0v) is 13.3. The smallest absolute Gasteiger partial charge is 0.0663 e. The van der Waals surface area contributed by atoms with Crippen LogP contribution in [0.3, 0.4) is 0 Å². The molecule has 0 bridgehead atoms. The van der Waals surface area contributed by atoms with Gasteiger partial charge in [0.05, 0.1) is 6.61 Å². The molecule has 3 nitrogen and oxygen atoms in total. The Morgan fingerprint density at radius 1 is 1.32 bits per heavy atom. The Morgan fingerprint density at radius 2 is 2.00 bits per heavy atom. The first-order chi connectivity index (χ1) is 8.95. The van der Waals surface area contributed by atoms with Crippen LogP contribution >= 0.6 is 11.6 Å². The molecule has 0 aliphatic rings. The highest BCUT2D eigenvalue weighted by Gasteiger charge is 2.14. The van der Waals surface area contributed by atoms with E-state index in [4.69, 9.17) is 16.3 Å². The van der Waals surface area contributed by atoms with Crippen molar-refractivity contribution in [1.29, 1.82) is 0 Å². The predicted molar refractivity (Wildman–Crippen MR) is 83.2 cm³/mol. The molecule has 0 heterocycles. The van der Waals surface area contributed by atoms with Crippen molar-refractivity contribution in [3.63, 3.8) is 0 Å². The largest absolute Gasteiger partial charge is 0.383 e. The Kier molecular flexibility index (Phi) is 6.63. The highest BCUT2D eigenvalue weighted by molar-refractivity contribution is 6.30. The Balaban J connectivity index is 2.92. The number of ether oxygens (including phenoxy) is 1. The summed E-state index contributed by atoms with van der Waals surface area (Å²) in [5.74, 6) is 0. The molecule has 19 heavy (non-hydrogen) atoms. The number of halogens is 1. The van der Waals surface area contributed by atoms with E-state index in [1.54, 1.807) is 7.11 Å². The normalized spacial score (nSPS) is 12.8. The van der Waals surface area contributed by atoms with Crippen LogP contribution in [0, 0.1) is 0 Å². The number of methoxy groups -OCH3 is 1. The van der Waals surface area contributed by atoms with Crippen LogP contribution in [0.2, 0.25) is 5.02 Å². The van der Waals surface area contributed by atoms with E-state index in [9.17, 15) is 0 Å². The SMILES string of the molecule is COCC(C)N(C)c1cc(Cl)ccc1CNC(C)C. The van der Waals surface area contributed by atoms with Gasteiger partial charge in [-0.25, -0.2) is 0 Å². The number of nitrogens with one attached hydrogen (secondary N) is 1. The molecule has 0 aliphatic heterocycles. The van der Waals surface area contributed by atoms with Crippen LogP contribution in [0.15, 0.2) is 18.2 Å². The summed E-state index contributed by atoms with van der Waals surface area (Å²) in [7, 11) is 3.80. The van der Waals surface area contributed by atoms with E-state index in [1.165, 1.54) is 5.56 Å². The van der Waals surface area contributed by atoms with Gasteiger partial charge in [0.15, 0.2) is 0 Å². The van der Waals surface area contributed by atoms with Crippen molar-refractivity contribution in [2.75, 3.05) is 25.7 Å². The third kappa shape index (κ3) is 5.01. The van der Waals surface area contributed by atoms with Crippen molar-refractivity contribution in [3.8, 4) is 0 Å². The van der Waals surface area contributed by atoms with Crippen LogP contribution in [0.4, 0.5) is 5.69 Å². The summed E-state index contributed by atoms with van der Waals surface area (Å²) in [5.41, 5.74) is 2.41. The summed E-state index contributed by atoms with van der Waals surface area (Å²) in [5, 5.41) is 4.21. The van der Waals surface area contributed by atoms with Crippen molar-refractivity contribution < 1.29 is 4.74 Å². The first kappa shape index (κ1) is 16.3. The first-order valence-electron chi connectivity index (χ1n) is 6.69. The van der Waals surface area contributed by atoms with Crippen LogP contribution < -0.4 is 10.2 Å². The van der Waals surface area contributed by atoms with Crippen molar-refractivity contribution in [3.05, 3.63) is 28.8 Å². The summed E-state index contributed by atoms with van der Waals surface area (Å²) < 4.78 is 5.22. The van der Waals surface area contributed by atoms with E-state index in [0.717, 1.165) is 17.3 Å². The molecule has 0 aliphatic carbocycles. The Hall–Kier alpha value is -0.770. The van der Waals surface area contributed by atoms with Gasteiger partial charge in [0, 0.05) is 43.5 Å². The van der Waals surface area contributed by atoms with Crippen LogP contribution in [0.5, 0.6) is 0 Å². The van der Waals surface area contributed by atoms with Gasteiger partial charge in [0.1, 0.15) is 0 Å². The number of anilines is 1. The van der Waals surface area contributed by atoms with Gasteiger partial charge in [-0.15, -0.1) is 0 Å². The second kappa shape index (κ2) is 7.73. The molecule has 0 fully saturated rings. The van der Waals surface area contributed by atoms with Crippen LogP contribution in [0.25, 0.3) is 0 Å².